The number of hydrogen-bond donors (Lipinski definition) is 1. The molecule has 1 fully saturated rings. The third kappa shape index (κ3) is 4.53. The van der Waals surface area contributed by atoms with Gasteiger partial charge in [0.1, 0.15) is 6.04 Å². The molecule has 1 aromatic rings. The summed E-state index contributed by atoms with van der Waals surface area (Å²) in [5, 5.41) is 9.39. The Hall–Kier alpha value is -1.44. The summed E-state index contributed by atoms with van der Waals surface area (Å²) < 4.78 is 28.8. The minimum absolute atomic E-state index is 0.240. The lowest BCUT2D eigenvalue weighted by atomic mass is 10.0. The first-order valence-electron chi connectivity index (χ1n) is 7.71. The van der Waals surface area contributed by atoms with Crippen LogP contribution in [-0.2, 0) is 19.4 Å². The molecular weight excluding hydrogens is 318 g/mol. The second-order valence-corrected chi connectivity index (χ2v) is 7.85. The highest BCUT2D eigenvalue weighted by Crippen LogP contribution is 2.25. The Bertz CT molecular complexity index is 641. The number of sulfone groups is 1. The molecular formula is C16H23NO5S. The lowest BCUT2D eigenvalue weighted by molar-refractivity contribution is -0.147. The number of aliphatic carboxylic acids is 1. The van der Waals surface area contributed by atoms with E-state index in [-0.39, 0.29) is 11.0 Å². The lowest BCUT2D eigenvalue weighted by Gasteiger charge is -2.36. The van der Waals surface area contributed by atoms with Gasteiger partial charge >= 0.3 is 5.97 Å². The highest BCUT2D eigenvalue weighted by Gasteiger charge is 2.30. The Morgan fingerprint density at radius 3 is 2.57 bits per heavy atom. The fourth-order valence-electron chi connectivity index (χ4n) is 2.82. The zero-order chi connectivity index (χ0) is 17.0. The molecule has 2 unspecified atom stereocenters. The van der Waals surface area contributed by atoms with Gasteiger partial charge in [-0.1, -0.05) is 25.5 Å². The quantitative estimate of drug-likeness (QED) is 0.848. The molecule has 1 N–H and O–H groups in total. The molecule has 2 atom stereocenters. The van der Waals surface area contributed by atoms with Crippen molar-refractivity contribution in [2.24, 2.45) is 0 Å². The van der Waals surface area contributed by atoms with E-state index in [0.29, 0.717) is 26.1 Å². The Balaban J connectivity index is 2.13. The van der Waals surface area contributed by atoms with Gasteiger partial charge in [-0.05, 0) is 24.1 Å². The van der Waals surface area contributed by atoms with E-state index in [9.17, 15) is 18.3 Å². The van der Waals surface area contributed by atoms with Crippen molar-refractivity contribution in [3.05, 3.63) is 29.8 Å². The normalized spacial score (nSPS) is 21.0. The molecule has 0 amide bonds. The minimum atomic E-state index is -3.22. The Labute approximate surface area is 137 Å². The molecule has 2 rings (SSSR count). The van der Waals surface area contributed by atoms with Gasteiger partial charge in [-0.2, -0.15) is 0 Å². The summed E-state index contributed by atoms with van der Waals surface area (Å²) in [4.78, 5) is 13.6. The van der Waals surface area contributed by atoms with Crippen LogP contribution in [0.5, 0.6) is 0 Å². The van der Waals surface area contributed by atoms with Gasteiger partial charge in [0.2, 0.25) is 0 Å². The van der Waals surface area contributed by atoms with E-state index in [0.717, 1.165) is 12.0 Å². The van der Waals surface area contributed by atoms with Gasteiger partial charge < -0.3 is 9.84 Å². The first-order chi connectivity index (χ1) is 10.8. The number of carbonyl (C=O) groups is 1. The first kappa shape index (κ1) is 17.9. The Morgan fingerprint density at radius 2 is 2.04 bits per heavy atom. The number of benzene rings is 1. The van der Waals surface area contributed by atoms with Crippen molar-refractivity contribution in [3.8, 4) is 0 Å². The number of morpholine rings is 1. The number of nitrogens with zero attached hydrogens (tertiary/aromatic N) is 1. The van der Waals surface area contributed by atoms with Crippen molar-refractivity contribution in [2.75, 3.05) is 26.0 Å². The zero-order valence-corrected chi connectivity index (χ0v) is 14.3. The summed E-state index contributed by atoms with van der Waals surface area (Å²) in [6.07, 6.45) is 2.34. The molecule has 0 bridgehead atoms. The van der Waals surface area contributed by atoms with Crippen LogP contribution in [-0.4, -0.2) is 56.4 Å². The topological polar surface area (TPSA) is 83.9 Å². The summed E-state index contributed by atoms with van der Waals surface area (Å²) in [5.41, 5.74) is 0.864. The van der Waals surface area contributed by atoms with Crippen LogP contribution in [0, 0.1) is 0 Å². The largest absolute Gasteiger partial charge is 0.480 e. The summed E-state index contributed by atoms with van der Waals surface area (Å²) in [7, 11) is -3.22. The fraction of sp³-hybridized carbons (Fsp3) is 0.562. The Morgan fingerprint density at radius 1 is 1.39 bits per heavy atom. The van der Waals surface area contributed by atoms with Gasteiger partial charge in [0.05, 0.1) is 17.6 Å². The number of rotatable bonds is 6. The van der Waals surface area contributed by atoms with Crippen molar-refractivity contribution in [2.45, 2.75) is 36.8 Å². The molecule has 7 heteroatoms. The van der Waals surface area contributed by atoms with E-state index in [2.05, 4.69) is 0 Å². The van der Waals surface area contributed by atoms with E-state index in [1.54, 1.807) is 24.3 Å². The first-order valence-corrected chi connectivity index (χ1v) is 9.60. The average molecular weight is 341 g/mol. The molecule has 0 radical (unpaired) electrons. The van der Waals surface area contributed by atoms with Crippen molar-refractivity contribution in [1.82, 2.24) is 4.90 Å². The van der Waals surface area contributed by atoms with Gasteiger partial charge in [-0.3, -0.25) is 9.69 Å². The fourth-order valence-corrected chi connectivity index (χ4v) is 3.45. The number of ether oxygens (including phenoxy) is 1. The summed E-state index contributed by atoms with van der Waals surface area (Å²) in [6, 6.07) is 6.10. The van der Waals surface area contributed by atoms with Gasteiger partial charge in [0, 0.05) is 19.3 Å². The van der Waals surface area contributed by atoms with Crippen LogP contribution in [0.1, 0.15) is 31.4 Å². The molecule has 1 aliphatic rings. The molecule has 1 saturated heterocycles. The van der Waals surface area contributed by atoms with E-state index < -0.39 is 21.8 Å². The molecule has 0 aromatic heterocycles. The standard InChI is InChI=1S/C16H23NO5S/c1-3-4-14(16(18)19)17-9-10-22-15(11-17)12-5-7-13(8-6-12)23(2,20)21/h5-8,14-15H,3-4,9-11H2,1-2H3,(H,18,19). The lowest BCUT2D eigenvalue weighted by Crippen LogP contribution is -2.48. The van der Waals surface area contributed by atoms with Crippen molar-refractivity contribution >= 4 is 15.8 Å². The second-order valence-electron chi connectivity index (χ2n) is 5.84. The molecule has 0 aliphatic carbocycles. The smallest absolute Gasteiger partial charge is 0.320 e. The highest BCUT2D eigenvalue weighted by molar-refractivity contribution is 7.90. The van der Waals surface area contributed by atoms with Crippen molar-refractivity contribution in [1.29, 1.82) is 0 Å². The third-order valence-electron chi connectivity index (χ3n) is 4.07. The SMILES string of the molecule is CCCC(C(=O)O)N1CCOC(c2ccc(S(C)(=O)=O)cc2)C1. The van der Waals surface area contributed by atoms with E-state index in [4.69, 9.17) is 4.74 Å². The monoisotopic (exact) mass is 341 g/mol. The summed E-state index contributed by atoms with van der Waals surface area (Å²) >= 11 is 0. The molecule has 1 heterocycles. The summed E-state index contributed by atoms with van der Waals surface area (Å²) in [6.45, 7) is 3.52. The maximum Gasteiger partial charge on any atom is 0.320 e. The number of carboxylic acids is 1. The molecule has 6 nitrogen and oxygen atoms in total. The number of hydrogen-bond acceptors (Lipinski definition) is 5. The maximum absolute atomic E-state index is 11.5. The van der Waals surface area contributed by atoms with Crippen LogP contribution >= 0.6 is 0 Å². The molecule has 0 spiro atoms. The van der Waals surface area contributed by atoms with Gasteiger partial charge in [-0.25, -0.2) is 8.42 Å². The van der Waals surface area contributed by atoms with Gasteiger partial charge in [0.25, 0.3) is 0 Å². The average Bonchev–Trinajstić information content (AvgIpc) is 2.52. The van der Waals surface area contributed by atoms with Crippen LogP contribution in [0.25, 0.3) is 0 Å². The maximum atomic E-state index is 11.5. The Kier molecular flexibility index (Phi) is 5.78. The van der Waals surface area contributed by atoms with Crippen molar-refractivity contribution < 1.29 is 23.1 Å². The van der Waals surface area contributed by atoms with E-state index in [1.807, 2.05) is 11.8 Å². The van der Waals surface area contributed by atoms with E-state index in [1.165, 1.54) is 6.26 Å². The summed E-state index contributed by atoms with van der Waals surface area (Å²) in [5.74, 6) is -0.806. The third-order valence-corrected chi connectivity index (χ3v) is 5.19. The number of carboxylic acid groups (broad SMARTS) is 1. The van der Waals surface area contributed by atoms with Gasteiger partial charge in [-0.15, -0.1) is 0 Å². The van der Waals surface area contributed by atoms with Crippen LogP contribution in [0.15, 0.2) is 29.2 Å². The molecule has 0 saturated carbocycles. The predicted molar refractivity (Wildman–Crippen MR) is 86.1 cm³/mol. The second kappa shape index (κ2) is 7.42. The van der Waals surface area contributed by atoms with Crippen LogP contribution in [0.3, 0.4) is 0 Å². The highest BCUT2D eigenvalue weighted by atomic mass is 32.2. The van der Waals surface area contributed by atoms with Crippen LogP contribution < -0.4 is 0 Å². The van der Waals surface area contributed by atoms with Crippen LogP contribution in [0.4, 0.5) is 0 Å². The molecule has 1 aliphatic heterocycles. The molecule has 128 valence electrons. The zero-order valence-electron chi connectivity index (χ0n) is 13.4. The van der Waals surface area contributed by atoms with Gasteiger partial charge in [0.15, 0.2) is 9.84 Å². The minimum Gasteiger partial charge on any atom is -0.480 e. The van der Waals surface area contributed by atoms with E-state index >= 15 is 0 Å². The molecule has 23 heavy (non-hydrogen) atoms. The molecule has 1 aromatic carbocycles. The predicted octanol–water partition coefficient (Wildman–Crippen LogP) is 1.72. The van der Waals surface area contributed by atoms with Crippen molar-refractivity contribution in [3.63, 3.8) is 0 Å². The van der Waals surface area contributed by atoms with Crippen LogP contribution in [0.2, 0.25) is 0 Å².